The third kappa shape index (κ3) is 8.08. The van der Waals surface area contributed by atoms with E-state index in [1.165, 1.54) is 11.6 Å². The van der Waals surface area contributed by atoms with E-state index >= 15 is 0 Å². The predicted octanol–water partition coefficient (Wildman–Crippen LogP) is 3.33. The summed E-state index contributed by atoms with van der Waals surface area (Å²) in [5.74, 6) is -2.62. The average Bonchev–Trinajstić information content (AvgIpc) is 2.75. The fourth-order valence-corrected chi connectivity index (χ4v) is 4.48. The fraction of sp³-hybridized carbons (Fsp3) is 0.652. The summed E-state index contributed by atoms with van der Waals surface area (Å²) >= 11 is 5.58. The topological polar surface area (TPSA) is 104 Å². The van der Waals surface area contributed by atoms with Crippen molar-refractivity contribution in [3.63, 3.8) is 0 Å². The number of nitrogens with one attached hydrogen (secondary N) is 2. The van der Waals surface area contributed by atoms with Gasteiger partial charge in [0.1, 0.15) is 11.9 Å². The van der Waals surface area contributed by atoms with Gasteiger partial charge in [0.2, 0.25) is 0 Å². The van der Waals surface area contributed by atoms with Gasteiger partial charge in [-0.15, -0.1) is 0 Å². The van der Waals surface area contributed by atoms with E-state index in [1.807, 2.05) is 4.90 Å². The van der Waals surface area contributed by atoms with Crippen molar-refractivity contribution in [2.45, 2.75) is 69.4 Å². The van der Waals surface area contributed by atoms with Crippen molar-refractivity contribution >= 4 is 23.4 Å². The Labute approximate surface area is 198 Å². The Hall–Kier alpha value is -1.97. The number of carboxylic acids is 1. The van der Waals surface area contributed by atoms with Gasteiger partial charge < -0.3 is 21.5 Å². The summed E-state index contributed by atoms with van der Waals surface area (Å²) in [7, 11) is 0. The first-order valence-corrected chi connectivity index (χ1v) is 12.0. The van der Waals surface area contributed by atoms with Crippen LogP contribution in [0.3, 0.4) is 0 Å². The van der Waals surface area contributed by atoms with Crippen LogP contribution in [0.25, 0.3) is 0 Å². The molecule has 3 rings (SSSR count). The molecule has 0 saturated heterocycles. The van der Waals surface area contributed by atoms with Crippen LogP contribution in [0.15, 0.2) is 23.4 Å². The SMILES string of the molecule is N/C(Cl)=C\CNC(CCN(CCCCc1ccc2c(n1)NCCC2)C1CC(F)(F)C1)C(=O)O. The molecular formula is C23H34ClF2N5O2. The minimum Gasteiger partial charge on any atom is -0.480 e. The number of aliphatic carboxylic acids is 1. The molecule has 1 aliphatic heterocycles. The van der Waals surface area contributed by atoms with E-state index in [2.05, 4.69) is 22.8 Å². The summed E-state index contributed by atoms with van der Waals surface area (Å²) in [5.41, 5.74) is 7.65. The highest BCUT2D eigenvalue weighted by atomic mass is 35.5. The maximum atomic E-state index is 13.5. The van der Waals surface area contributed by atoms with Gasteiger partial charge in [-0.05, 0) is 62.8 Å². The molecule has 33 heavy (non-hydrogen) atoms. The number of aromatic nitrogens is 1. The summed E-state index contributed by atoms with van der Waals surface area (Å²) in [6.07, 6.45) is 6.21. The Morgan fingerprint density at radius 1 is 1.39 bits per heavy atom. The van der Waals surface area contributed by atoms with Gasteiger partial charge in [-0.3, -0.25) is 9.69 Å². The molecule has 1 aromatic rings. The number of pyridine rings is 1. The number of aryl methyl sites for hydroxylation is 2. The number of nitrogens with zero attached hydrogens (tertiary/aromatic N) is 2. The van der Waals surface area contributed by atoms with Gasteiger partial charge >= 0.3 is 5.97 Å². The van der Waals surface area contributed by atoms with Crippen molar-refractivity contribution in [1.82, 2.24) is 15.2 Å². The smallest absolute Gasteiger partial charge is 0.320 e. The zero-order chi connectivity index (χ0) is 23.8. The standard InChI is InChI=1S/C23H34ClF2N5O2/c24-20(27)8-11-28-19(22(32)33)9-13-31(18-14-23(25,26)15-18)12-2-1-5-17-7-6-16-4-3-10-29-21(16)30-17/h6-8,18-19,28H,1-5,9-15,27H2,(H,29,30)(H,32,33)/b20-8-. The molecule has 0 amide bonds. The molecule has 0 bridgehead atoms. The van der Waals surface area contributed by atoms with Crippen LogP contribution >= 0.6 is 11.6 Å². The number of halogens is 3. The minimum atomic E-state index is -2.61. The van der Waals surface area contributed by atoms with Gasteiger partial charge in [0, 0.05) is 44.2 Å². The van der Waals surface area contributed by atoms with Crippen molar-refractivity contribution in [3.8, 4) is 0 Å². The number of fused-ring (bicyclic) bond motifs is 1. The summed E-state index contributed by atoms with van der Waals surface area (Å²) in [6.45, 7) is 2.28. The van der Waals surface area contributed by atoms with Crippen molar-refractivity contribution in [2.24, 2.45) is 5.73 Å². The molecule has 0 radical (unpaired) electrons. The first-order chi connectivity index (χ1) is 15.7. The van der Waals surface area contributed by atoms with Crippen molar-refractivity contribution in [1.29, 1.82) is 0 Å². The van der Waals surface area contributed by atoms with E-state index in [-0.39, 0.29) is 30.6 Å². The summed E-state index contributed by atoms with van der Waals surface area (Å²) < 4.78 is 27.0. The Morgan fingerprint density at radius 2 is 2.18 bits per heavy atom. The van der Waals surface area contributed by atoms with E-state index in [4.69, 9.17) is 22.3 Å². The second-order valence-corrected chi connectivity index (χ2v) is 9.36. The van der Waals surface area contributed by atoms with Crippen LogP contribution in [0.1, 0.15) is 49.8 Å². The molecule has 184 valence electrons. The second kappa shape index (κ2) is 11.9. The van der Waals surface area contributed by atoms with Crippen LogP contribution in [0.4, 0.5) is 14.6 Å². The number of alkyl halides is 2. The van der Waals surface area contributed by atoms with E-state index < -0.39 is 17.9 Å². The largest absolute Gasteiger partial charge is 0.480 e. The van der Waals surface area contributed by atoms with Crippen LogP contribution in [-0.4, -0.2) is 65.1 Å². The maximum absolute atomic E-state index is 13.5. The molecule has 1 unspecified atom stereocenters. The van der Waals surface area contributed by atoms with E-state index in [9.17, 15) is 18.7 Å². The first-order valence-electron chi connectivity index (χ1n) is 11.7. The number of carboxylic acid groups (broad SMARTS) is 1. The Balaban J connectivity index is 1.48. The van der Waals surface area contributed by atoms with Crippen molar-refractivity contribution in [3.05, 3.63) is 34.6 Å². The third-order valence-corrected chi connectivity index (χ3v) is 6.48. The number of carbonyl (C=O) groups is 1. The molecule has 5 N–H and O–H groups in total. The fourth-order valence-electron chi connectivity index (χ4n) is 4.40. The number of hydrogen-bond donors (Lipinski definition) is 4. The highest BCUT2D eigenvalue weighted by Gasteiger charge is 2.47. The predicted molar refractivity (Wildman–Crippen MR) is 126 cm³/mol. The van der Waals surface area contributed by atoms with E-state index in [0.29, 0.717) is 19.5 Å². The zero-order valence-electron chi connectivity index (χ0n) is 18.8. The second-order valence-electron chi connectivity index (χ2n) is 8.93. The molecule has 1 saturated carbocycles. The molecule has 0 spiro atoms. The molecule has 1 atom stereocenters. The van der Waals surface area contributed by atoms with Crippen LogP contribution in [-0.2, 0) is 17.6 Å². The Morgan fingerprint density at radius 3 is 2.88 bits per heavy atom. The van der Waals surface area contributed by atoms with Crippen LogP contribution in [0, 0.1) is 0 Å². The Bertz CT molecular complexity index is 827. The van der Waals surface area contributed by atoms with Crippen molar-refractivity contribution < 1.29 is 18.7 Å². The minimum absolute atomic E-state index is 0.0918. The van der Waals surface area contributed by atoms with Gasteiger partial charge in [0.05, 0.1) is 5.16 Å². The molecule has 10 heteroatoms. The van der Waals surface area contributed by atoms with Gasteiger partial charge in [-0.2, -0.15) is 0 Å². The van der Waals surface area contributed by atoms with Crippen LogP contribution < -0.4 is 16.4 Å². The quantitative estimate of drug-likeness (QED) is 0.251. The molecule has 1 fully saturated rings. The first kappa shape index (κ1) is 25.6. The van der Waals surface area contributed by atoms with Gasteiger partial charge in [-0.25, -0.2) is 13.8 Å². The normalized spacial score (nSPS) is 19.0. The summed E-state index contributed by atoms with van der Waals surface area (Å²) in [4.78, 5) is 18.3. The zero-order valence-corrected chi connectivity index (χ0v) is 19.6. The lowest BCUT2D eigenvalue weighted by atomic mass is 9.86. The number of hydrogen-bond acceptors (Lipinski definition) is 6. The van der Waals surface area contributed by atoms with Crippen LogP contribution in [0.5, 0.6) is 0 Å². The number of nitrogens with two attached hydrogens (primary N) is 1. The lowest BCUT2D eigenvalue weighted by molar-refractivity contribution is -0.141. The monoisotopic (exact) mass is 485 g/mol. The Kier molecular flexibility index (Phi) is 9.28. The summed E-state index contributed by atoms with van der Waals surface area (Å²) in [5, 5.41) is 15.8. The van der Waals surface area contributed by atoms with Gasteiger partial charge in [0.15, 0.2) is 0 Å². The molecule has 1 aromatic heterocycles. The average molecular weight is 486 g/mol. The number of anilines is 1. The molecule has 1 aliphatic carbocycles. The van der Waals surface area contributed by atoms with E-state index in [0.717, 1.165) is 50.2 Å². The molecule has 7 nitrogen and oxygen atoms in total. The number of rotatable bonds is 13. The van der Waals surface area contributed by atoms with Crippen LogP contribution in [0.2, 0.25) is 0 Å². The lowest BCUT2D eigenvalue weighted by Crippen LogP contribution is -2.52. The number of unbranched alkanes of at least 4 members (excludes halogenated alkanes) is 1. The van der Waals surface area contributed by atoms with Crippen molar-refractivity contribution in [2.75, 3.05) is 31.5 Å². The lowest BCUT2D eigenvalue weighted by Gasteiger charge is -2.43. The molecule has 2 heterocycles. The highest BCUT2D eigenvalue weighted by molar-refractivity contribution is 6.28. The maximum Gasteiger partial charge on any atom is 0.320 e. The molecule has 0 aromatic carbocycles. The third-order valence-electron chi connectivity index (χ3n) is 6.33. The summed E-state index contributed by atoms with van der Waals surface area (Å²) in [6, 6.07) is 3.20. The van der Waals surface area contributed by atoms with Gasteiger partial charge in [-0.1, -0.05) is 17.7 Å². The molecular weight excluding hydrogens is 452 g/mol. The van der Waals surface area contributed by atoms with E-state index in [1.54, 1.807) is 0 Å². The highest BCUT2D eigenvalue weighted by Crippen LogP contribution is 2.40. The molecule has 2 aliphatic rings. The van der Waals surface area contributed by atoms with Gasteiger partial charge in [0.25, 0.3) is 5.92 Å².